The Morgan fingerprint density at radius 2 is 1.43 bits per heavy atom. The number of anilines is 2. The summed E-state index contributed by atoms with van der Waals surface area (Å²) in [7, 11) is 1.68. The number of hydrogen-bond acceptors (Lipinski definition) is 5. The van der Waals surface area contributed by atoms with Crippen LogP contribution in [0.15, 0.2) is 60.7 Å². The second kappa shape index (κ2) is 10.3. The van der Waals surface area contributed by atoms with Crippen LogP contribution in [-0.2, 0) is 12.8 Å². The van der Waals surface area contributed by atoms with Crippen molar-refractivity contribution in [1.29, 1.82) is 0 Å². The van der Waals surface area contributed by atoms with E-state index in [2.05, 4.69) is 63.1 Å². The average Bonchev–Trinajstić information content (AvgIpc) is 2.72. The molecule has 1 heterocycles. The number of aryl methyl sites for hydroxylation is 2. The lowest BCUT2D eigenvalue weighted by atomic mass is 10.1. The van der Waals surface area contributed by atoms with Crippen molar-refractivity contribution in [3.8, 4) is 5.75 Å². The average molecular weight is 377 g/mol. The van der Waals surface area contributed by atoms with Crippen molar-refractivity contribution < 1.29 is 4.74 Å². The molecule has 5 heteroatoms. The van der Waals surface area contributed by atoms with Crippen molar-refractivity contribution in [3.63, 3.8) is 0 Å². The van der Waals surface area contributed by atoms with Crippen LogP contribution in [0.4, 0.5) is 11.6 Å². The predicted molar refractivity (Wildman–Crippen MR) is 115 cm³/mol. The van der Waals surface area contributed by atoms with Crippen LogP contribution < -0.4 is 15.4 Å². The molecule has 0 radical (unpaired) electrons. The summed E-state index contributed by atoms with van der Waals surface area (Å²) in [5, 5.41) is 6.81. The summed E-state index contributed by atoms with van der Waals surface area (Å²) in [6.07, 6.45) is 3.05. The van der Waals surface area contributed by atoms with E-state index in [0.717, 1.165) is 55.6 Å². The number of benzene rings is 2. The molecule has 5 nitrogen and oxygen atoms in total. The van der Waals surface area contributed by atoms with E-state index in [1.807, 2.05) is 25.1 Å². The van der Waals surface area contributed by atoms with Crippen molar-refractivity contribution in [3.05, 3.63) is 77.6 Å². The Labute approximate surface area is 167 Å². The molecule has 28 heavy (non-hydrogen) atoms. The summed E-state index contributed by atoms with van der Waals surface area (Å²) in [5.74, 6) is 3.37. The van der Waals surface area contributed by atoms with Gasteiger partial charge in [0.2, 0.25) is 0 Å². The molecule has 2 aromatic carbocycles. The quantitative estimate of drug-likeness (QED) is 0.511. The van der Waals surface area contributed by atoms with Gasteiger partial charge >= 0.3 is 0 Å². The highest BCUT2D eigenvalue weighted by atomic mass is 16.5. The summed E-state index contributed by atoms with van der Waals surface area (Å²) in [6, 6.07) is 20.7. The molecule has 0 fully saturated rings. The lowest BCUT2D eigenvalue weighted by Gasteiger charge is -2.10. The number of nitrogens with one attached hydrogen (secondary N) is 2. The van der Waals surface area contributed by atoms with E-state index in [0.29, 0.717) is 0 Å². The predicted octanol–water partition coefficient (Wildman–Crippen LogP) is 4.49. The topological polar surface area (TPSA) is 59.1 Å². The van der Waals surface area contributed by atoms with Crippen molar-refractivity contribution in [2.24, 2.45) is 0 Å². The summed E-state index contributed by atoms with van der Waals surface area (Å²) >= 11 is 0. The van der Waals surface area contributed by atoms with Gasteiger partial charge in [0.15, 0.2) is 0 Å². The minimum Gasteiger partial charge on any atom is -0.497 e. The number of aromatic nitrogens is 2. The molecule has 0 amide bonds. The molecule has 0 bridgehead atoms. The van der Waals surface area contributed by atoms with Gasteiger partial charge < -0.3 is 15.4 Å². The van der Waals surface area contributed by atoms with Crippen molar-refractivity contribution in [2.75, 3.05) is 30.8 Å². The molecule has 0 aliphatic rings. The largest absolute Gasteiger partial charge is 0.497 e. The van der Waals surface area contributed by atoms with Gasteiger partial charge in [-0.25, -0.2) is 9.97 Å². The van der Waals surface area contributed by atoms with Gasteiger partial charge in [-0.15, -0.1) is 0 Å². The summed E-state index contributed by atoms with van der Waals surface area (Å²) in [4.78, 5) is 8.97. The number of ether oxygens (including phenoxy) is 1. The van der Waals surface area contributed by atoms with E-state index < -0.39 is 0 Å². The fraction of sp³-hybridized carbons (Fsp3) is 0.304. The van der Waals surface area contributed by atoms with Crippen LogP contribution in [0.25, 0.3) is 0 Å². The van der Waals surface area contributed by atoms with Gasteiger partial charge in [0.25, 0.3) is 0 Å². The zero-order valence-corrected chi connectivity index (χ0v) is 16.6. The standard InChI is InChI=1S/C23H28N4O/c1-18-26-22(24-15-6-9-19-7-4-3-5-8-19)17-23(27-18)25-16-14-20-10-12-21(28-2)13-11-20/h3-5,7-8,10-13,17H,6,9,14-16H2,1-2H3,(H2,24,25,26,27). The number of hydrogen-bond donors (Lipinski definition) is 2. The van der Waals surface area contributed by atoms with Gasteiger partial charge in [-0.1, -0.05) is 42.5 Å². The second-order valence-corrected chi connectivity index (χ2v) is 6.73. The monoisotopic (exact) mass is 376 g/mol. The molecule has 0 aliphatic carbocycles. The van der Waals surface area contributed by atoms with Crippen LogP contribution in [0, 0.1) is 6.92 Å². The Morgan fingerprint density at radius 3 is 2.11 bits per heavy atom. The lowest BCUT2D eigenvalue weighted by molar-refractivity contribution is 0.414. The fourth-order valence-electron chi connectivity index (χ4n) is 3.03. The van der Waals surface area contributed by atoms with E-state index in [9.17, 15) is 0 Å². The maximum absolute atomic E-state index is 5.20. The first-order chi connectivity index (χ1) is 13.7. The fourth-order valence-corrected chi connectivity index (χ4v) is 3.03. The van der Waals surface area contributed by atoms with E-state index in [1.165, 1.54) is 11.1 Å². The van der Waals surface area contributed by atoms with Gasteiger partial charge in [0, 0.05) is 19.2 Å². The van der Waals surface area contributed by atoms with Gasteiger partial charge in [0.05, 0.1) is 7.11 Å². The van der Waals surface area contributed by atoms with Crippen LogP contribution in [0.5, 0.6) is 5.75 Å². The minimum absolute atomic E-state index is 0.764. The van der Waals surface area contributed by atoms with Gasteiger partial charge in [-0.05, 0) is 49.4 Å². The summed E-state index contributed by atoms with van der Waals surface area (Å²) in [6.45, 7) is 3.62. The summed E-state index contributed by atoms with van der Waals surface area (Å²) < 4.78 is 5.20. The molecule has 0 atom stereocenters. The Morgan fingerprint density at radius 1 is 0.786 bits per heavy atom. The highest BCUT2D eigenvalue weighted by Gasteiger charge is 2.02. The van der Waals surface area contributed by atoms with E-state index >= 15 is 0 Å². The SMILES string of the molecule is COc1ccc(CCNc2cc(NCCCc3ccccc3)nc(C)n2)cc1. The highest BCUT2D eigenvalue weighted by molar-refractivity contribution is 5.47. The van der Waals surface area contributed by atoms with E-state index in [-0.39, 0.29) is 0 Å². The molecule has 0 aliphatic heterocycles. The first kappa shape index (κ1) is 19.7. The van der Waals surface area contributed by atoms with Crippen molar-refractivity contribution >= 4 is 11.6 Å². The molecule has 0 saturated heterocycles. The Hall–Kier alpha value is -3.08. The van der Waals surface area contributed by atoms with Crippen LogP contribution >= 0.6 is 0 Å². The van der Waals surface area contributed by atoms with Crippen LogP contribution in [0.2, 0.25) is 0 Å². The highest BCUT2D eigenvalue weighted by Crippen LogP contribution is 2.14. The van der Waals surface area contributed by atoms with Crippen molar-refractivity contribution in [1.82, 2.24) is 9.97 Å². The first-order valence-corrected chi connectivity index (χ1v) is 9.73. The molecule has 2 N–H and O–H groups in total. The van der Waals surface area contributed by atoms with Crippen LogP contribution in [0.1, 0.15) is 23.4 Å². The molecular weight excluding hydrogens is 348 g/mol. The van der Waals surface area contributed by atoms with E-state index in [1.54, 1.807) is 7.11 Å². The second-order valence-electron chi connectivity index (χ2n) is 6.73. The lowest BCUT2D eigenvalue weighted by Crippen LogP contribution is -2.10. The maximum atomic E-state index is 5.20. The third kappa shape index (κ3) is 6.27. The van der Waals surface area contributed by atoms with Gasteiger partial charge in [0.1, 0.15) is 23.2 Å². The normalized spacial score (nSPS) is 10.5. The Kier molecular flexibility index (Phi) is 7.24. The zero-order valence-electron chi connectivity index (χ0n) is 16.6. The number of methoxy groups -OCH3 is 1. The molecule has 3 aromatic rings. The van der Waals surface area contributed by atoms with E-state index in [4.69, 9.17) is 4.74 Å². The first-order valence-electron chi connectivity index (χ1n) is 9.73. The molecule has 0 spiro atoms. The maximum Gasteiger partial charge on any atom is 0.131 e. The molecule has 1 aromatic heterocycles. The molecule has 146 valence electrons. The molecular formula is C23H28N4O. The third-order valence-corrected chi connectivity index (χ3v) is 4.51. The smallest absolute Gasteiger partial charge is 0.131 e. The Balaban J connectivity index is 1.45. The van der Waals surface area contributed by atoms with Crippen LogP contribution in [-0.4, -0.2) is 30.2 Å². The molecule has 3 rings (SSSR count). The number of rotatable bonds is 10. The summed E-state index contributed by atoms with van der Waals surface area (Å²) in [5.41, 5.74) is 2.63. The molecule has 0 unspecified atom stereocenters. The Bertz CT molecular complexity index is 850. The number of nitrogens with zero attached hydrogens (tertiary/aromatic N) is 2. The zero-order chi connectivity index (χ0) is 19.6. The van der Waals surface area contributed by atoms with Gasteiger partial charge in [-0.2, -0.15) is 0 Å². The molecule has 0 saturated carbocycles. The van der Waals surface area contributed by atoms with Crippen LogP contribution in [0.3, 0.4) is 0 Å². The van der Waals surface area contributed by atoms with Crippen molar-refractivity contribution in [2.45, 2.75) is 26.2 Å². The van der Waals surface area contributed by atoms with Gasteiger partial charge in [-0.3, -0.25) is 0 Å². The third-order valence-electron chi connectivity index (χ3n) is 4.51. The minimum atomic E-state index is 0.764.